The Balaban J connectivity index is 3.05. The number of aliphatic hydroxyl groups is 1. The summed E-state index contributed by atoms with van der Waals surface area (Å²) in [6.07, 6.45) is 0. The van der Waals surface area contributed by atoms with E-state index < -0.39 is 5.60 Å². The molecule has 90 valence electrons. The fraction of sp³-hybridized carbons (Fsp3) is 0.600. The fourth-order valence-corrected chi connectivity index (χ4v) is 1.64. The summed E-state index contributed by atoms with van der Waals surface area (Å²) in [6, 6.07) is 8.32. The molecule has 16 heavy (non-hydrogen) atoms. The Morgan fingerprint density at radius 2 is 1.25 bits per heavy atom. The molecular weight excluding hydrogens is 196 g/mol. The van der Waals surface area contributed by atoms with Crippen LogP contribution in [0.3, 0.4) is 0 Å². The van der Waals surface area contributed by atoms with Crippen LogP contribution in [0.4, 0.5) is 0 Å². The van der Waals surface area contributed by atoms with Crippen LogP contribution in [0.5, 0.6) is 0 Å². The third-order valence-electron chi connectivity index (χ3n) is 3.46. The van der Waals surface area contributed by atoms with Crippen LogP contribution in [0, 0.1) is 5.92 Å². The molecule has 0 unspecified atom stereocenters. The van der Waals surface area contributed by atoms with Crippen LogP contribution in [0.2, 0.25) is 0 Å². The first kappa shape index (κ1) is 13.2. The van der Waals surface area contributed by atoms with Gasteiger partial charge >= 0.3 is 0 Å². The van der Waals surface area contributed by atoms with Crippen molar-refractivity contribution < 1.29 is 5.11 Å². The standard InChI is InChI=1S/C15H24O/c1-11(2)15(6,16)13-9-7-12(8-10-13)14(3,4)5/h7-11,16H,1-6H3/t15-/m0/s1. The van der Waals surface area contributed by atoms with Crippen LogP contribution in [0.25, 0.3) is 0 Å². The molecule has 0 amide bonds. The van der Waals surface area contributed by atoms with E-state index in [1.54, 1.807) is 0 Å². The summed E-state index contributed by atoms with van der Waals surface area (Å²) in [7, 11) is 0. The summed E-state index contributed by atoms with van der Waals surface area (Å²) in [6.45, 7) is 12.5. The first-order valence-corrected chi connectivity index (χ1v) is 5.99. The molecule has 0 aliphatic carbocycles. The summed E-state index contributed by atoms with van der Waals surface area (Å²) < 4.78 is 0. The van der Waals surface area contributed by atoms with E-state index in [-0.39, 0.29) is 11.3 Å². The maximum absolute atomic E-state index is 10.4. The number of rotatable bonds is 2. The molecule has 1 N–H and O–H groups in total. The molecule has 0 heterocycles. The predicted molar refractivity (Wildman–Crippen MR) is 69.6 cm³/mol. The van der Waals surface area contributed by atoms with Gasteiger partial charge in [-0.3, -0.25) is 0 Å². The second-order valence-electron chi connectivity index (χ2n) is 6.13. The van der Waals surface area contributed by atoms with Gasteiger partial charge in [-0.05, 0) is 29.4 Å². The molecule has 1 nitrogen and oxygen atoms in total. The van der Waals surface area contributed by atoms with Crippen molar-refractivity contribution in [1.82, 2.24) is 0 Å². The van der Waals surface area contributed by atoms with E-state index in [1.807, 2.05) is 32.9 Å². The van der Waals surface area contributed by atoms with E-state index >= 15 is 0 Å². The van der Waals surface area contributed by atoms with Crippen molar-refractivity contribution in [2.45, 2.75) is 52.6 Å². The maximum Gasteiger partial charge on any atom is 0.0891 e. The third-order valence-corrected chi connectivity index (χ3v) is 3.46. The van der Waals surface area contributed by atoms with Gasteiger partial charge < -0.3 is 5.11 Å². The number of hydrogen-bond acceptors (Lipinski definition) is 1. The van der Waals surface area contributed by atoms with Crippen molar-refractivity contribution in [2.24, 2.45) is 5.92 Å². The van der Waals surface area contributed by atoms with Crippen molar-refractivity contribution in [3.63, 3.8) is 0 Å². The zero-order valence-electron chi connectivity index (χ0n) is 11.3. The molecule has 0 aliphatic heterocycles. The first-order chi connectivity index (χ1) is 7.15. The zero-order valence-corrected chi connectivity index (χ0v) is 11.3. The molecule has 0 saturated carbocycles. The van der Waals surface area contributed by atoms with Gasteiger partial charge in [0.1, 0.15) is 0 Å². The molecule has 1 aromatic carbocycles. The monoisotopic (exact) mass is 220 g/mol. The van der Waals surface area contributed by atoms with Gasteiger partial charge in [0.25, 0.3) is 0 Å². The van der Waals surface area contributed by atoms with Gasteiger partial charge in [0, 0.05) is 0 Å². The van der Waals surface area contributed by atoms with Crippen molar-refractivity contribution >= 4 is 0 Å². The molecule has 0 radical (unpaired) electrons. The lowest BCUT2D eigenvalue weighted by Crippen LogP contribution is -2.28. The van der Waals surface area contributed by atoms with Gasteiger partial charge in [0.2, 0.25) is 0 Å². The summed E-state index contributed by atoms with van der Waals surface area (Å²) >= 11 is 0. The molecule has 0 aliphatic rings. The van der Waals surface area contributed by atoms with Gasteiger partial charge in [0.05, 0.1) is 5.60 Å². The Hall–Kier alpha value is -0.820. The quantitative estimate of drug-likeness (QED) is 0.802. The zero-order chi connectivity index (χ0) is 12.6. The van der Waals surface area contributed by atoms with Crippen molar-refractivity contribution in [2.75, 3.05) is 0 Å². The summed E-state index contributed by atoms with van der Waals surface area (Å²) in [5.41, 5.74) is 1.73. The first-order valence-electron chi connectivity index (χ1n) is 5.99. The number of benzene rings is 1. The molecule has 1 rings (SSSR count). The topological polar surface area (TPSA) is 20.2 Å². The minimum Gasteiger partial charge on any atom is -0.385 e. The third kappa shape index (κ3) is 2.65. The lowest BCUT2D eigenvalue weighted by molar-refractivity contribution is 0.00902. The number of hydrogen-bond donors (Lipinski definition) is 1. The van der Waals surface area contributed by atoms with E-state index in [0.29, 0.717) is 0 Å². The summed E-state index contributed by atoms with van der Waals surface area (Å²) in [4.78, 5) is 0. The average molecular weight is 220 g/mol. The minimum atomic E-state index is -0.740. The van der Waals surface area contributed by atoms with Crippen molar-refractivity contribution in [3.8, 4) is 0 Å². The summed E-state index contributed by atoms with van der Waals surface area (Å²) in [5, 5.41) is 10.4. The van der Waals surface area contributed by atoms with Crippen LogP contribution < -0.4 is 0 Å². The molecule has 1 atom stereocenters. The Kier molecular flexibility index (Phi) is 3.49. The van der Waals surface area contributed by atoms with E-state index in [0.717, 1.165) is 5.56 Å². The van der Waals surface area contributed by atoms with E-state index in [9.17, 15) is 5.11 Å². The second-order valence-corrected chi connectivity index (χ2v) is 6.13. The van der Waals surface area contributed by atoms with Gasteiger partial charge in [-0.1, -0.05) is 58.9 Å². The van der Waals surface area contributed by atoms with Crippen molar-refractivity contribution in [1.29, 1.82) is 0 Å². The normalized spacial score (nSPS) is 16.2. The molecule has 0 bridgehead atoms. The predicted octanol–water partition coefficient (Wildman–Crippen LogP) is 3.85. The Morgan fingerprint density at radius 3 is 1.56 bits per heavy atom. The van der Waals surface area contributed by atoms with E-state index in [2.05, 4.69) is 32.9 Å². The maximum atomic E-state index is 10.4. The molecule has 0 fully saturated rings. The Bertz CT molecular complexity index is 339. The molecule has 0 aromatic heterocycles. The Labute approximate surface area is 99.5 Å². The molecular formula is C15H24O. The smallest absolute Gasteiger partial charge is 0.0891 e. The van der Waals surface area contributed by atoms with E-state index in [1.165, 1.54) is 5.56 Å². The van der Waals surface area contributed by atoms with Crippen LogP contribution >= 0.6 is 0 Å². The van der Waals surface area contributed by atoms with Gasteiger partial charge in [-0.25, -0.2) is 0 Å². The highest BCUT2D eigenvalue weighted by atomic mass is 16.3. The minimum absolute atomic E-state index is 0.169. The fourth-order valence-electron chi connectivity index (χ4n) is 1.64. The largest absolute Gasteiger partial charge is 0.385 e. The highest BCUT2D eigenvalue weighted by molar-refractivity contribution is 5.30. The van der Waals surface area contributed by atoms with Crippen LogP contribution in [0.1, 0.15) is 52.7 Å². The van der Waals surface area contributed by atoms with Gasteiger partial charge in [-0.15, -0.1) is 0 Å². The molecule has 1 aromatic rings. The molecule has 0 spiro atoms. The van der Waals surface area contributed by atoms with Crippen LogP contribution in [-0.2, 0) is 11.0 Å². The molecule has 1 heteroatoms. The average Bonchev–Trinajstić information content (AvgIpc) is 2.16. The second kappa shape index (κ2) is 4.21. The van der Waals surface area contributed by atoms with Gasteiger partial charge in [0.15, 0.2) is 0 Å². The highest BCUT2D eigenvalue weighted by Gasteiger charge is 2.27. The summed E-state index contributed by atoms with van der Waals surface area (Å²) in [5.74, 6) is 0.216. The highest BCUT2D eigenvalue weighted by Crippen LogP contribution is 2.30. The lowest BCUT2D eigenvalue weighted by atomic mass is 9.82. The van der Waals surface area contributed by atoms with Crippen LogP contribution in [0.15, 0.2) is 24.3 Å². The lowest BCUT2D eigenvalue weighted by Gasteiger charge is -2.29. The Morgan fingerprint density at radius 1 is 0.875 bits per heavy atom. The van der Waals surface area contributed by atoms with Crippen molar-refractivity contribution in [3.05, 3.63) is 35.4 Å². The SMILES string of the molecule is CC(C)[C@](C)(O)c1ccc(C(C)(C)C)cc1. The molecule has 0 saturated heterocycles. The van der Waals surface area contributed by atoms with Gasteiger partial charge in [-0.2, -0.15) is 0 Å². The van der Waals surface area contributed by atoms with Crippen LogP contribution in [-0.4, -0.2) is 5.11 Å². The van der Waals surface area contributed by atoms with E-state index in [4.69, 9.17) is 0 Å².